The summed E-state index contributed by atoms with van der Waals surface area (Å²) in [5.41, 5.74) is 3.17. The van der Waals surface area contributed by atoms with Gasteiger partial charge in [0.2, 0.25) is 0 Å². The van der Waals surface area contributed by atoms with E-state index in [0.29, 0.717) is 30.8 Å². The third kappa shape index (κ3) is 3.95. The molecule has 1 aromatic heterocycles. The van der Waals surface area contributed by atoms with Gasteiger partial charge in [0.05, 0.1) is 25.8 Å². The second-order valence-corrected chi connectivity index (χ2v) is 5.55. The molecule has 3 rings (SSSR count). The number of hydrogen-bond donors (Lipinski definition) is 1. The van der Waals surface area contributed by atoms with E-state index in [-0.39, 0.29) is 5.91 Å². The summed E-state index contributed by atoms with van der Waals surface area (Å²) in [5.74, 6) is 0.651. The van der Waals surface area contributed by atoms with Crippen molar-refractivity contribution in [3.8, 4) is 5.75 Å². The lowest BCUT2D eigenvalue weighted by molar-refractivity contribution is 0.0937. The van der Waals surface area contributed by atoms with Crippen LogP contribution in [-0.4, -0.2) is 48.3 Å². The van der Waals surface area contributed by atoms with Crippen molar-refractivity contribution in [2.24, 2.45) is 0 Å². The molecule has 1 heterocycles. The number of fused-ring (bicyclic) bond motifs is 1. The number of rotatable bonds is 7. The van der Waals surface area contributed by atoms with E-state index in [1.54, 1.807) is 31.0 Å². The number of ether oxygens (including phenoxy) is 2. The number of carbonyl (C=O) groups excluding carboxylic acids is 1. The molecule has 0 radical (unpaired) electrons. The number of amides is 1. The van der Waals surface area contributed by atoms with E-state index in [1.807, 2.05) is 30.3 Å². The molecule has 0 aliphatic heterocycles. The van der Waals surface area contributed by atoms with Gasteiger partial charge in [0.25, 0.3) is 5.91 Å². The van der Waals surface area contributed by atoms with Crippen molar-refractivity contribution >= 4 is 16.9 Å². The van der Waals surface area contributed by atoms with Crippen LogP contribution in [0.15, 0.2) is 42.5 Å². The summed E-state index contributed by atoms with van der Waals surface area (Å²) in [6.07, 6.45) is 0. The fraction of sp³-hybridized carbons (Fsp3) is 0.278. The molecule has 0 aliphatic rings. The van der Waals surface area contributed by atoms with Gasteiger partial charge in [-0.3, -0.25) is 4.79 Å². The molecule has 3 aromatic rings. The highest BCUT2D eigenvalue weighted by Gasteiger charge is 2.10. The molecule has 0 unspecified atom stereocenters. The summed E-state index contributed by atoms with van der Waals surface area (Å²) in [5, 5.41) is 11.2. The average Bonchev–Trinajstić information content (AvgIpc) is 3.04. The Morgan fingerprint density at radius 3 is 2.88 bits per heavy atom. The molecule has 7 nitrogen and oxygen atoms in total. The zero-order valence-corrected chi connectivity index (χ0v) is 14.2. The molecule has 25 heavy (non-hydrogen) atoms. The molecule has 1 amide bonds. The quantitative estimate of drug-likeness (QED) is 0.664. The fourth-order valence-corrected chi connectivity index (χ4v) is 2.54. The first-order chi connectivity index (χ1) is 12.2. The number of hydrogen-bond acceptors (Lipinski definition) is 5. The smallest absolute Gasteiger partial charge is 0.251 e. The maximum atomic E-state index is 12.1. The molecular formula is C18H20N4O3. The molecule has 130 valence electrons. The van der Waals surface area contributed by atoms with Crippen molar-refractivity contribution in [1.29, 1.82) is 0 Å². The van der Waals surface area contributed by atoms with Crippen molar-refractivity contribution < 1.29 is 14.3 Å². The fourth-order valence-electron chi connectivity index (χ4n) is 2.54. The number of methoxy groups -OCH3 is 2. The Kier molecular flexibility index (Phi) is 5.25. The maximum absolute atomic E-state index is 12.1. The summed E-state index contributed by atoms with van der Waals surface area (Å²) < 4.78 is 12.0. The number of nitrogens with zero attached hydrogens (tertiary/aromatic N) is 3. The highest BCUT2D eigenvalue weighted by Crippen LogP contribution is 2.17. The first-order valence-electron chi connectivity index (χ1n) is 7.94. The zero-order valence-electron chi connectivity index (χ0n) is 14.2. The Morgan fingerprint density at radius 1 is 1.20 bits per heavy atom. The monoisotopic (exact) mass is 340 g/mol. The Morgan fingerprint density at radius 2 is 2.08 bits per heavy atom. The lowest BCUT2D eigenvalue weighted by Crippen LogP contribution is -2.26. The summed E-state index contributed by atoms with van der Waals surface area (Å²) in [6, 6.07) is 13.2. The van der Waals surface area contributed by atoms with Gasteiger partial charge in [-0.1, -0.05) is 17.3 Å². The SMILES string of the molecule is COCCNC(=O)c1ccc2c(c1)nnn2Cc1cccc(OC)c1. The van der Waals surface area contributed by atoms with Gasteiger partial charge >= 0.3 is 0 Å². The zero-order chi connectivity index (χ0) is 17.6. The minimum absolute atomic E-state index is 0.152. The van der Waals surface area contributed by atoms with Gasteiger partial charge in [0.15, 0.2) is 0 Å². The van der Waals surface area contributed by atoms with Gasteiger partial charge in [-0.2, -0.15) is 0 Å². The van der Waals surface area contributed by atoms with Crippen LogP contribution in [0.3, 0.4) is 0 Å². The summed E-state index contributed by atoms with van der Waals surface area (Å²) in [4.78, 5) is 12.1. The molecule has 0 saturated heterocycles. The Balaban J connectivity index is 1.78. The standard InChI is InChI=1S/C18H20N4O3/c1-24-9-8-19-18(23)14-6-7-17-16(11-14)20-21-22(17)12-13-4-3-5-15(10-13)25-2/h3-7,10-11H,8-9,12H2,1-2H3,(H,19,23). The Hall–Kier alpha value is -2.93. The Labute approximate surface area is 145 Å². The maximum Gasteiger partial charge on any atom is 0.251 e. The molecule has 0 saturated carbocycles. The van der Waals surface area contributed by atoms with E-state index in [2.05, 4.69) is 15.6 Å². The summed E-state index contributed by atoms with van der Waals surface area (Å²) >= 11 is 0. The van der Waals surface area contributed by atoms with Gasteiger partial charge in [-0.05, 0) is 35.9 Å². The average molecular weight is 340 g/mol. The van der Waals surface area contributed by atoms with Crippen LogP contribution in [0.1, 0.15) is 15.9 Å². The van der Waals surface area contributed by atoms with Gasteiger partial charge in [-0.25, -0.2) is 4.68 Å². The minimum atomic E-state index is -0.152. The first kappa shape index (κ1) is 16.9. The van der Waals surface area contributed by atoms with Gasteiger partial charge in [-0.15, -0.1) is 5.10 Å². The highest BCUT2D eigenvalue weighted by atomic mass is 16.5. The number of benzene rings is 2. The first-order valence-corrected chi connectivity index (χ1v) is 7.94. The van der Waals surface area contributed by atoms with Crippen LogP contribution in [0, 0.1) is 0 Å². The predicted octanol–water partition coefficient (Wildman–Crippen LogP) is 1.86. The van der Waals surface area contributed by atoms with Crippen LogP contribution in [0.5, 0.6) is 5.75 Å². The molecular weight excluding hydrogens is 320 g/mol. The lowest BCUT2D eigenvalue weighted by Gasteiger charge is -2.06. The molecule has 1 N–H and O–H groups in total. The van der Waals surface area contributed by atoms with Crippen LogP contribution >= 0.6 is 0 Å². The van der Waals surface area contributed by atoms with Crippen molar-refractivity contribution in [3.63, 3.8) is 0 Å². The van der Waals surface area contributed by atoms with Crippen molar-refractivity contribution in [3.05, 3.63) is 53.6 Å². The van der Waals surface area contributed by atoms with Crippen molar-refractivity contribution in [2.75, 3.05) is 27.4 Å². The van der Waals surface area contributed by atoms with Crippen LogP contribution in [0.25, 0.3) is 11.0 Å². The molecule has 7 heteroatoms. The predicted molar refractivity (Wildman–Crippen MR) is 93.8 cm³/mol. The highest BCUT2D eigenvalue weighted by molar-refractivity contribution is 5.97. The minimum Gasteiger partial charge on any atom is -0.497 e. The van der Waals surface area contributed by atoms with E-state index < -0.39 is 0 Å². The third-order valence-corrected chi connectivity index (χ3v) is 3.83. The van der Waals surface area contributed by atoms with Gasteiger partial charge in [0, 0.05) is 19.2 Å². The van der Waals surface area contributed by atoms with E-state index in [4.69, 9.17) is 9.47 Å². The van der Waals surface area contributed by atoms with E-state index >= 15 is 0 Å². The molecule has 0 spiro atoms. The third-order valence-electron chi connectivity index (χ3n) is 3.83. The normalized spacial score (nSPS) is 10.8. The van der Waals surface area contributed by atoms with E-state index in [9.17, 15) is 4.79 Å². The van der Waals surface area contributed by atoms with Crippen LogP contribution in [-0.2, 0) is 11.3 Å². The van der Waals surface area contributed by atoms with Crippen molar-refractivity contribution in [1.82, 2.24) is 20.3 Å². The second kappa shape index (κ2) is 7.76. The molecule has 0 aliphatic carbocycles. The van der Waals surface area contributed by atoms with Crippen LogP contribution in [0.4, 0.5) is 0 Å². The largest absolute Gasteiger partial charge is 0.497 e. The molecule has 0 bridgehead atoms. The Bertz CT molecular complexity index is 876. The second-order valence-electron chi connectivity index (χ2n) is 5.55. The summed E-state index contributed by atoms with van der Waals surface area (Å²) in [7, 11) is 3.24. The van der Waals surface area contributed by atoms with Gasteiger partial charge < -0.3 is 14.8 Å². The number of nitrogens with one attached hydrogen (secondary N) is 1. The number of aromatic nitrogens is 3. The van der Waals surface area contributed by atoms with Crippen molar-refractivity contribution in [2.45, 2.75) is 6.54 Å². The molecule has 0 atom stereocenters. The van der Waals surface area contributed by atoms with E-state index in [1.165, 1.54) is 0 Å². The van der Waals surface area contributed by atoms with E-state index in [0.717, 1.165) is 16.8 Å². The topological polar surface area (TPSA) is 78.3 Å². The van der Waals surface area contributed by atoms with Crippen LogP contribution < -0.4 is 10.1 Å². The number of carbonyl (C=O) groups is 1. The lowest BCUT2D eigenvalue weighted by atomic mass is 10.1. The molecule has 2 aromatic carbocycles. The van der Waals surface area contributed by atoms with Gasteiger partial charge in [0.1, 0.15) is 11.3 Å². The van der Waals surface area contributed by atoms with Crippen LogP contribution in [0.2, 0.25) is 0 Å². The molecule has 0 fully saturated rings. The summed E-state index contributed by atoms with van der Waals surface area (Å²) in [6.45, 7) is 1.52.